The Balaban J connectivity index is 0.849. The lowest BCUT2D eigenvalue weighted by Gasteiger charge is -2.37. The van der Waals surface area contributed by atoms with Crippen LogP contribution in [-0.4, -0.2) is 128 Å². The van der Waals surface area contributed by atoms with Gasteiger partial charge >= 0.3 is 0 Å². The minimum Gasteiger partial charge on any atom is -0.381 e. The number of hydrogen-bond donors (Lipinski definition) is 1. The second kappa shape index (κ2) is 17.5. The second-order valence-electron chi connectivity index (χ2n) is 18.9. The zero-order valence-electron chi connectivity index (χ0n) is 38.5. The number of carbonyl (C=O) groups excluding carboxylic acids is 6. The number of halogens is 2. The van der Waals surface area contributed by atoms with Gasteiger partial charge in [0.2, 0.25) is 23.6 Å². The fourth-order valence-corrected chi connectivity index (χ4v) is 11.3. The predicted octanol–water partition coefficient (Wildman–Crippen LogP) is 5.49. The van der Waals surface area contributed by atoms with Gasteiger partial charge in [-0.3, -0.25) is 48.6 Å². The quantitative estimate of drug-likeness (QED) is 0.195. The smallest absolute Gasteiger partial charge is 0.264 e. The van der Waals surface area contributed by atoms with Gasteiger partial charge in [0.05, 0.1) is 29.2 Å². The second-order valence-corrected chi connectivity index (χ2v) is 18.9. The van der Waals surface area contributed by atoms with Gasteiger partial charge in [-0.2, -0.15) is 5.10 Å². The monoisotopic (exact) mass is 942 g/mol. The first-order chi connectivity index (χ1) is 33.4. The zero-order valence-corrected chi connectivity index (χ0v) is 38.5. The molecule has 6 aliphatic heterocycles. The van der Waals surface area contributed by atoms with Crippen LogP contribution in [0.5, 0.6) is 0 Å². The van der Waals surface area contributed by atoms with Crippen LogP contribution in [0.1, 0.15) is 108 Å². The van der Waals surface area contributed by atoms with Crippen LogP contribution in [0, 0.1) is 0 Å². The maximum Gasteiger partial charge on any atom is 0.264 e. The molecule has 2 atom stereocenters. The van der Waals surface area contributed by atoms with Gasteiger partial charge in [0.1, 0.15) is 12.1 Å². The number of benzene rings is 2. The lowest BCUT2D eigenvalue weighted by atomic mass is 9.91. The minimum absolute atomic E-state index is 0.0175. The largest absolute Gasteiger partial charge is 0.381 e. The van der Waals surface area contributed by atoms with Crippen LogP contribution in [0.2, 0.25) is 0 Å². The number of rotatable bonds is 8. The van der Waals surface area contributed by atoms with E-state index in [1.807, 2.05) is 27.4 Å². The highest BCUT2D eigenvalue weighted by Gasteiger charge is 2.45. The Labute approximate surface area is 395 Å². The highest BCUT2D eigenvalue weighted by molar-refractivity contribution is 6.23. The molecule has 69 heavy (non-hydrogen) atoms. The van der Waals surface area contributed by atoms with Crippen molar-refractivity contribution in [3.63, 3.8) is 0 Å². The Morgan fingerprint density at radius 1 is 0.841 bits per heavy atom. The summed E-state index contributed by atoms with van der Waals surface area (Å²) in [6.45, 7) is 7.85. The average molecular weight is 943 g/mol. The topological polar surface area (TPSA) is 176 Å². The van der Waals surface area contributed by atoms with Gasteiger partial charge < -0.3 is 28.9 Å². The molecule has 0 bridgehead atoms. The van der Waals surface area contributed by atoms with Crippen molar-refractivity contribution in [1.82, 2.24) is 39.3 Å². The van der Waals surface area contributed by atoms with E-state index in [0.29, 0.717) is 111 Å². The van der Waals surface area contributed by atoms with E-state index in [2.05, 4.69) is 19.9 Å². The molecule has 3 fully saturated rings. The van der Waals surface area contributed by atoms with Gasteiger partial charge in [0.15, 0.2) is 5.82 Å². The molecule has 0 spiro atoms. The molecule has 5 aromatic rings. The third-order valence-electron chi connectivity index (χ3n) is 15.0. The van der Waals surface area contributed by atoms with Crippen LogP contribution in [-0.2, 0) is 43.3 Å². The first-order valence-electron chi connectivity index (χ1n) is 23.9. The van der Waals surface area contributed by atoms with E-state index in [0.717, 1.165) is 41.0 Å². The number of imide groups is 2. The molecule has 19 heteroatoms. The Morgan fingerprint density at radius 3 is 2.38 bits per heavy atom. The number of piperidine rings is 1. The van der Waals surface area contributed by atoms with Crippen molar-refractivity contribution in [3.05, 3.63) is 88.5 Å². The molecule has 17 nitrogen and oxygen atoms in total. The highest BCUT2D eigenvalue weighted by atomic mass is 19.3. The Bertz CT molecular complexity index is 2970. The van der Waals surface area contributed by atoms with Crippen molar-refractivity contribution >= 4 is 63.5 Å². The number of pyridine rings is 1. The molecule has 3 aromatic heterocycles. The summed E-state index contributed by atoms with van der Waals surface area (Å²) in [4.78, 5) is 91.1. The standard InChI is InChI=1S/C50H52F2N10O7/c1-28(48(66)57-18-16-56(17-19-57)32-5-6-33-36(23-32)50(68)61(49(33)67)42-7-8-44(64)54-47(42)65)60-27-38(37-25-53-13-9-40(37)60)34-22-30-4-3-14-59(43(30)24-35(34)45(51)52)46-39-26-58(29(2)63)15-10-41(39)62(55-46)31-11-20-69-21-12-31/h5-6,9,13,22-25,27-28,31,42,45H,3-4,7-8,10-12,14-21,26H2,1-2H3,(H,54,64,65)/t28-,42?/m0/s1. The van der Waals surface area contributed by atoms with Gasteiger partial charge in [-0.25, -0.2) is 8.78 Å². The number of aryl methyl sites for hydroxylation is 1. The van der Waals surface area contributed by atoms with Gasteiger partial charge in [0, 0.05) is 130 Å². The lowest BCUT2D eigenvalue weighted by molar-refractivity contribution is -0.136. The summed E-state index contributed by atoms with van der Waals surface area (Å²) >= 11 is 0. The number of ether oxygens (including phenoxy) is 1. The Hall–Kier alpha value is -7.02. The Morgan fingerprint density at radius 2 is 1.62 bits per heavy atom. The van der Waals surface area contributed by atoms with Crippen molar-refractivity contribution in [2.45, 2.75) is 89.9 Å². The van der Waals surface area contributed by atoms with Gasteiger partial charge in [0.25, 0.3) is 18.2 Å². The first kappa shape index (κ1) is 44.5. The summed E-state index contributed by atoms with van der Waals surface area (Å²) in [6, 6.07) is 8.65. The predicted molar refractivity (Wildman–Crippen MR) is 248 cm³/mol. The number of aromatic nitrogens is 4. The summed E-state index contributed by atoms with van der Waals surface area (Å²) in [5.74, 6) is -1.73. The SMILES string of the molecule is CC(=O)N1CCc2c(c(N3CCCc4cc(-c5cn([C@@H](C)C(=O)N6CCN(c7ccc8c(c7)C(=O)N(C7CCC(=O)NC7=O)C8=O)CC6)c6ccncc56)c(C(F)F)cc43)nn2C2CCOCC2)C1. The molecule has 2 aromatic carbocycles. The van der Waals surface area contributed by atoms with E-state index < -0.39 is 42.1 Å². The fourth-order valence-electron chi connectivity index (χ4n) is 11.3. The molecule has 9 heterocycles. The molecule has 11 rings (SSSR count). The maximum absolute atomic E-state index is 15.5. The van der Waals surface area contributed by atoms with Gasteiger partial charge in [-0.15, -0.1) is 0 Å². The van der Waals surface area contributed by atoms with Crippen molar-refractivity contribution < 1.29 is 42.3 Å². The number of nitrogens with zero attached hydrogens (tertiary/aromatic N) is 9. The minimum atomic E-state index is -2.82. The van der Waals surface area contributed by atoms with Crippen molar-refractivity contribution in [1.29, 1.82) is 0 Å². The van der Waals surface area contributed by atoms with Crippen LogP contribution in [0.3, 0.4) is 0 Å². The molecule has 0 aliphatic carbocycles. The number of nitrogens with one attached hydrogen (secondary N) is 1. The van der Waals surface area contributed by atoms with Crippen molar-refractivity contribution in [3.8, 4) is 11.1 Å². The first-order valence-corrected chi connectivity index (χ1v) is 23.9. The molecular weight excluding hydrogens is 891 g/mol. The Kier molecular flexibility index (Phi) is 11.3. The van der Waals surface area contributed by atoms with Gasteiger partial charge in [-0.05, 0) is 86.6 Å². The molecular formula is C50H52F2N10O7. The fraction of sp³-hybridized carbons (Fsp3) is 0.440. The number of carbonyl (C=O) groups is 6. The lowest BCUT2D eigenvalue weighted by Crippen LogP contribution is -2.54. The van der Waals surface area contributed by atoms with E-state index in [-0.39, 0.29) is 47.4 Å². The molecule has 0 radical (unpaired) electrons. The molecule has 6 aliphatic rings. The number of fused-ring (bicyclic) bond motifs is 4. The molecule has 358 valence electrons. The summed E-state index contributed by atoms with van der Waals surface area (Å²) in [6.07, 6.45) is 6.10. The third-order valence-corrected chi connectivity index (χ3v) is 15.0. The van der Waals surface area contributed by atoms with Crippen LogP contribution in [0.15, 0.2) is 55.0 Å². The van der Waals surface area contributed by atoms with Crippen molar-refractivity contribution in [2.24, 2.45) is 0 Å². The van der Waals surface area contributed by atoms with E-state index in [9.17, 15) is 28.8 Å². The van der Waals surface area contributed by atoms with Crippen LogP contribution in [0.25, 0.3) is 22.0 Å². The summed E-state index contributed by atoms with van der Waals surface area (Å²) in [5.41, 5.74) is 6.19. The number of piperazine rings is 1. The molecule has 3 saturated heterocycles. The van der Waals surface area contributed by atoms with E-state index in [1.165, 1.54) is 0 Å². The van der Waals surface area contributed by atoms with Crippen LogP contribution >= 0.6 is 0 Å². The molecule has 6 amide bonds. The van der Waals surface area contributed by atoms with Gasteiger partial charge in [-0.1, -0.05) is 0 Å². The normalized spacial score (nSPS) is 20.4. The van der Waals surface area contributed by atoms with E-state index in [4.69, 9.17) is 9.84 Å². The number of amides is 6. The third kappa shape index (κ3) is 7.61. The van der Waals surface area contributed by atoms with E-state index >= 15 is 8.78 Å². The zero-order chi connectivity index (χ0) is 47.8. The molecule has 1 unspecified atom stereocenters. The van der Waals surface area contributed by atoms with Crippen LogP contribution < -0.4 is 15.1 Å². The summed E-state index contributed by atoms with van der Waals surface area (Å²) < 4.78 is 40.7. The number of alkyl halides is 2. The van der Waals surface area contributed by atoms with Crippen LogP contribution in [0.4, 0.5) is 26.0 Å². The maximum atomic E-state index is 15.5. The summed E-state index contributed by atoms with van der Waals surface area (Å²) in [7, 11) is 0. The molecule has 0 saturated carbocycles. The number of hydrogen-bond acceptors (Lipinski definition) is 11. The van der Waals surface area contributed by atoms with E-state index in [1.54, 1.807) is 60.7 Å². The number of anilines is 3. The van der Waals surface area contributed by atoms with Crippen molar-refractivity contribution in [2.75, 3.05) is 62.3 Å². The highest BCUT2D eigenvalue weighted by Crippen LogP contribution is 2.46. The molecule has 1 N–H and O–H groups in total. The average Bonchev–Trinajstić information content (AvgIpc) is 4.02. The summed E-state index contributed by atoms with van der Waals surface area (Å²) in [5, 5.41) is 8.09.